The Morgan fingerprint density at radius 1 is 1.50 bits per heavy atom. The molecule has 0 aromatic carbocycles. The Labute approximate surface area is 111 Å². The lowest BCUT2D eigenvalue weighted by Gasteiger charge is -2.21. The van der Waals surface area contributed by atoms with E-state index < -0.39 is 10.0 Å². The number of aromatic amines is 1. The zero-order valence-electron chi connectivity index (χ0n) is 9.96. The zero-order chi connectivity index (χ0) is 12.8. The summed E-state index contributed by atoms with van der Waals surface area (Å²) in [5, 5.41) is 0.703. The van der Waals surface area contributed by atoms with E-state index in [1.807, 2.05) is 0 Å². The van der Waals surface area contributed by atoms with Crippen LogP contribution in [0.3, 0.4) is 0 Å². The van der Waals surface area contributed by atoms with Gasteiger partial charge in [-0.05, 0) is 12.8 Å². The first-order valence-corrected chi connectivity index (χ1v) is 8.39. The predicted molar refractivity (Wildman–Crippen MR) is 70.1 cm³/mol. The van der Waals surface area contributed by atoms with Crippen LogP contribution in [0.1, 0.15) is 12.8 Å². The monoisotopic (exact) mass is 291 g/mol. The molecule has 0 atom stereocenters. The van der Waals surface area contributed by atoms with Gasteiger partial charge in [0.1, 0.15) is 0 Å². The van der Waals surface area contributed by atoms with E-state index in [9.17, 15) is 8.42 Å². The van der Waals surface area contributed by atoms with Crippen LogP contribution in [-0.4, -0.2) is 49.1 Å². The van der Waals surface area contributed by atoms with Crippen molar-refractivity contribution in [3.63, 3.8) is 0 Å². The number of sulfonamides is 1. The van der Waals surface area contributed by atoms with Crippen molar-refractivity contribution in [1.82, 2.24) is 14.7 Å². The number of imidazole rings is 1. The molecule has 0 spiro atoms. The number of nitrogens with one attached hydrogen (secondary N) is 2. The van der Waals surface area contributed by atoms with Crippen molar-refractivity contribution in [3.8, 4) is 0 Å². The molecule has 1 saturated heterocycles. The number of hydrogen-bond donors (Lipinski definition) is 2. The van der Waals surface area contributed by atoms with E-state index in [1.54, 1.807) is 11.8 Å². The molecule has 1 aromatic heterocycles. The second kappa shape index (κ2) is 6.55. The number of nitrogens with zero attached hydrogens (tertiary/aromatic N) is 1. The smallest absolute Gasteiger partial charge is 0.257 e. The van der Waals surface area contributed by atoms with Gasteiger partial charge in [-0.3, -0.25) is 0 Å². The van der Waals surface area contributed by atoms with Crippen molar-refractivity contribution in [2.24, 2.45) is 0 Å². The van der Waals surface area contributed by atoms with E-state index in [0.29, 0.717) is 11.8 Å². The molecule has 0 radical (unpaired) electrons. The van der Waals surface area contributed by atoms with Crippen LogP contribution in [0.15, 0.2) is 17.6 Å². The number of H-pyrrole nitrogens is 1. The van der Waals surface area contributed by atoms with Gasteiger partial charge in [-0.1, -0.05) is 0 Å². The molecule has 1 aliphatic heterocycles. The van der Waals surface area contributed by atoms with Crippen molar-refractivity contribution in [3.05, 3.63) is 12.5 Å². The van der Waals surface area contributed by atoms with Gasteiger partial charge in [0.05, 0.1) is 12.5 Å². The van der Waals surface area contributed by atoms with Gasteiger partial charge in [0, 0.05) is 30.8 Å². The summed E-state index contributed by atoms with van der Waals surface area (Å²) in [6.45, 7) is 2.07. The lowest BCUT2D eigenvalue weighted by molar-refractivity contribution is 0.100. The number of rotatable bonds is 6. The molecule has 2 N–H and O–H groups in total. The van der Waals surface area contributed by atoms with Crippen LogP contribution in [0.4, 0.5) is 0 Å². The molecule has 0 bridgehead atoms. The first kappa shape index (κ1) is 13.9. The van der Waals surface area contributed by atoms with Gasteiger partial charge in [0.25, 0.3) is 10.0 Å². The Balaban J connectivity index is 1.69. The van der Waals surface area contributed by atoms with E-state index in [1.165, 1.54) is 12.5 Å². The molecule has 0 unspecified atom stereocenters. The Hall–Kier alpha value is -0.570. The SMILES string of the molecule is O=S(=O)(NCCSC1CCOCC1)c1cnc[nH]1. The van der Waals surface area contributed by atoms with Crippen LogP contribution in [0.2, 0.25) is 0 Å². The van der Waals surface area contributed by atoms with Crippen molar-refractivity contribution >= 4 is 21.8 Å². The van der Waals surface area contributed by atoms with Crippen LogP contribution in [-0.2, 0) is 14.8 Å². The second-order valence-corrected chi connectivity index (χ2v) is 7.14. The molecule has 1 fully saturated rings. The predicted octanol–water partition coefficient (Wildman–Crippen LogP) is 0.600. The second-order valence-electron chi connectivity index (χ2n) is 4.00. The van der Waals surface area contributed by atoms with Gasteiger partial charge in [-0.25, -0.2) is 18.1 Å². The largest absolute Gasteiger partial charge is 0.381 e. The summed E-state index contributed by atoms with van der Waals surface area (Å²) in [4.78, 5) is 6.28. The minimum Gasteiger partial charge on any atom is -0.381 e. The maximum Gasteiger partial charge on any atom is 0.257 e. The summed E-state index contributed by atoms with van der Waals surface area (Å²) in [6, 6.07) is 0. The van der Waals surface area contributed by atoms with E-state index in [-0.39, 0.29) is 5.03 Å². The normalized spacial score (nSPS) is 18.0. The fourth-order valence-electron chi connectivity index (χ4n) is 1.71. The molecule has 0 amide bonds. The van der Waals surface area contributed by atoms with Crippen LogP contribution in [0, 0.1) is 0 Å². The molecule has 102 valence electrons. The van der Waals surface area contributed by atoms with Gasteiger partial charge < -0.3 is 9.72 Å². The first-order valence-electron chi connectivity index (χ1n) is 5.86. The van der Waals surface area contributed by atoms with E-state index >= 15 is 0 Å². The lowest BCUT2D eigenvalue weighted by Crippen LogP contribution is -2.27. The minimum absolute atomic E-state index is 0.110. The minimum atomic E-state index is -3.43. The maximum atomic E-state index is 11.7. The molecular formula is C10H17N3O3S2. The number of hydrogen-bond acceptors (Lipinski definition) is 5. The number of aromatic nitrogens is 2. The summed E-state index contributed by atoms with van der Waals surface area (Å²) >= 11 is 1.80. The van der Waals surface area contributed by atoms with Crippen LogP contribution in [0.5, 0.6) is 0 Å². The average molecular weight is 291 g/mol. The Morgan fingerprint density at radius 2 is 2.28 bits per heavy atom. The lowest BCUT2D eigenvalue weighted by atomic mass is 10.2. The highest BCUT2D eigenvalue weighted by Crippen LogP contribution is 2.21. The highest BCUT2D eigenvalue weighted by atomic mass is 32.2. The Morgan fingerprint density at radius 3 is 2.94 bits per heavy atom. The van der Waals surface area contributed by atoms with Crippen LogP contribution >= 0.6 is 11.8 Å². The summed E-state index contributed by atoms with van der Waals surface area (Å²) < 4.78 is 31.3. The summed E-state index contributed by atoms with van der Waals surface area (Å²) in [6.07, 6.45) is 4.76. The van der Waals surface area contributed by atoms with E-state index in [0.717, 1.165) is 31.8 Å². The maximum absolute atomic E-state index is 11.7. The van der Waals surface area contributed by atoms with Crippen LogP contribution < -0.4 is 4.72 Å². The molecule has 1 aliphatic rings. The van der Waals surface area contributed by atoms with Gasteiger partial charge >= 0.3 is 0 Å². The first-order chi connectivity index (χ1) is 8.68. The highest BCUT2D eigenvalue weighted by Gasteiger charge is 2.16. The molecule has 2 heterocycles. The van der Waals surface area contributed by atoms with Crippen LogP contribution in [0.25, 0.3) is 0 Å². The molecule has 18 heavy (non-hydrogen) atoms. The van der Waals surface area contributed by atoms with Gasteiger partial charge in [-0.15, -0.1) is 0 Å². The quantitative estimate of drug-likeness (QED) is 0.750. The summed E-state index contributed by atoms with van der Waals surface area (Å²) in [5.74, 6) is 0.776. The summed E-state index contributed by atoms with van der Waals surface area (Å²) in [7, 11) is -3.43. The number of thioether (sulfide) groups is 1. The van der Waals surface area contributed by atoms with Crippen molar-refractivity contribution < 1.29 is 13.2 Å². The Kier molecular flexibility index (Phi) is 5.04. The van der Waals surface area contributed by atoms with Gasteiger partial charge in [0.2, 0.25) is 0 Å². The summed E-state index contributed by atoms with van der Waals surface area (Å²) in [5.41, 5.74) is 0. The van der Waals surface area contributed by atoms with Crippen molar-refractivity contribution in [2.75, 3.05) is 25.5 Å². The van der Waals surface area contributed by atoms with E-state index in [4.69, 9.17) is 4.74 Å². The average Bonchev–Trinajstić information content (AvgIpc) is 2.91. The molecule has 2 rings (SSSR count). The Bertz CT molecular complexity index is 441. The molecule has 1 aromatic rings. The molecule has 8 heteroatoms. The van der Waals surface area contributed by atoms with Gasteiger partial charge in [0.15, 0.2) is 5.03 Å². The third kappa shape index (κ3) is 3.98. The van der Waals surface area contributed by atoms with Gasteiger partial charge in [-0.2, -0.15) is 11.8 Å². The molecule has 0 aliphatic carbocycles. The third-order valence-electron chi connectivity index (χ3n) is 2.68. The third-order valence-corrected chi connectivity index (χ3v) is 5.45. The van der Waals surface area contributed by atoms with E-state index in [2.05, 4.69) is 14.7 Å². The standard InChI is InChI=1S/C10H17N3O3S2/c14-18(15,10-7-11-8-12-10)13-3-6-17-9-1-4-16-5-2-9/h7-9,13H,1-6H2,(H,11,12). The van der Waals surface area contributed by atoms with Crippen molar-refractivity contribution in [2.45, 2.75) is 23.1 Å². The molecule has 6 nitrogen and oxygen atoms in total. The number of ether oxygens (including phenoxy) is 1. The zero-order valence-corrected chi connectivity index (χ0v) is 11.6. The molecule has 0 saturated carbocycles. The fourth-order valence-corrected chi connectivity index (χ4v) is 3.85. The highest BCUT2D eigenvalue weighted by molar-refractivity contribution is 8.00. The molecular weight excluding hydrogens is 274 g/mol. The fraction of sp³-hybridized carbons (Fsp3) is 0.700. The van der Waals surface area contributed by atoms with Crippen molar-refractivity contribution in [1.29, 1.82) is 0 Å². The topological polar surface area (TPSA) is 84.1 Å².